The second-order valence-corrected chi connectivity index (χ2v) is 16.4. The zero-order valence-electron chi connectivity index (χ0n) is 39.0. The predicted molar refractivity (Wildman–Crippen MR) is 265 cm³/mol. The molecule has 0 fully saturated rings. The monoisotopic (exact) mass is 894 g/mol. The maximum atomic E-state index is 12.1. The number of carbonyl (C=O) groups excluding carboxylic acids is 2. The zero-order valence-corrected chi connectivity index (χ0v) is 39.8. The molecule has 2 atom stereocenters. The van der Waals surface area contributed by atoms with E-state index in [1.165, 1.54) is 19.3 Å². The van der Waals surface area contributed by atoms with Gasteiger partial charge in [-0.2, -0.15) is 0 Å². The Bertz CT molecular complexity index is 1480. The number of allylic oxidation sites excluding steroid dienone is 22. The molecule has 9 nitrogen and oxygen atoms in total. The lowest BCUT2D eigenvalue weighted by Gasteiger charge is -2.15. The molecule has 63 heavy (non-hydrogen) atoms. The lowest BCUT2D eigenvalue weighted by Crippen LogP contribution is -2.27. The van der Waals surface area contributed by atoms with Crippen molar-refractivity contribution in [1.29, 1.82) is 0 Å². The van der Waals surface area contributed by atoms with Gasteiger partial charge in [-0.05, 0) is 96.3 Å². The number of phosphoric ester groups is 1. The van der Waals surface area contributed by atoms with Crippen molar-refractivity contribution in [1.82, 2.24) is 5.32 Å². The Kier molecular flexibility index (Phi) is 44.7. The van der Waals surface area contributed by atoms with Crippen LogP contribution in [0.2, 0.25) is 0 Å². The van der Waals surface area contributed by atoms with Crippen molar-refractivity contribution in [3.8, 4) is 0 Å². The molecule has 3 N–H and O–H groups in total. The van der Waals surface area contributed by atoms with Gasteiger partial charge in [0.1, 0.15) is 12.7 Å². The Morgan fingerprint density at radius 1 is 0.492 bits per heavy atom. The third-order valence-electron chi connectivity index (χ3n) is 9.09. The Morgan fingerprint density at radius 3 is 1.32 bits per heavy atom. The number of amides is 1. The highest BCUT2D eigenvalue weighted by atomic mass is 31.2. The van der Waals surface area contributed by atoms with E-state index in [0.29, 0.717) is 12.8 Å². The second-order valence-electron chi connectivity index (χ2n) is 15.0. The second kappa shape index (κ2) is 47.6. The molecule has 0 radical (unpaired) electrons. The SMILES string of the molecule is CC/C=C\C/C=C\C/C=C\C/C=C\C/C=C\C/C=C\CCC(=O)NCCOP(=O)(O)OCC(O)COC(=O)CCCCCCCCC/C=C\C/C=C\C/C=C\C/C=C\C/C=C\CC. The van der Waals surface area contributed by atoms with Gasteiger partial charge < -0.3 is 20.1 Å². The maximum Gasteiger partial charge on any atom is 0.472 e. The van der Waals surface area contributed by atoms with Crippen molar-refractivity contribution >= 4 is 19.7 Å². The molecule has 1 amide bonds. The van der Waals surface area contributed by atoms with Crippen LogP contribution in [0, 0.1) is 0 Å². The number of ether oxygens (including phenoxy) is 1. The van der Waals surface area contributed by atoms with Gasteiger partial charge in [-0.25, -0.2) is 4.57 Å². The summed E-state index contributed by atoms with van der Waals surface area (Å²) in [6, 6.07) is 0. The van der Waals surface area contributed by atoms with Crippen LogP contribution < -0.4 is 5.32 Å². The molecule has 0 aliphatic heterocycles. The van der Waals surface area contributed by atoms with E-state index < -0.39 is 26.5 Å². The third kappa shape index (κ3) is 49.0. The average molecular weight is 894 g/mol. The van der Waals surface area contributed by atoms with Crippen molar-refractivity contribution in [3.63, 3.8) is 0 Å². The van der Waals surface area contributed by atoms with Gasteiger partial charge >= 0.3 is 13.8 Å². The van der Waals surface area contributed by atoms with Crippen LogP contribution in [0.5, 0.6) is 0 Å². The first kappa shape index (κ1) is 59.1. The van der Waals surface area contributed by atoms with Gasteiger partial charge in [0, 0.05) is 19.4 Å². The molecular formula is C53H84NO8P. The highest BCUT2D eigenvalue weighted by Gasteiger charge is 2.23. The summed E-state index contributed by atoms with van der Waals surface area (Å²) in [7, 11) is -4.45. The highest BCUT2D eigenvalue weighted by Crippen LogP contribution is 2.42. The van der Waals surface area contributed by atoms with Crippen molar-refractivity contribution in [2.75, 3.05) is 26.4 Å². The first-order valence-corrected chi connectivity index (χ1v) is 25.2. The topological polar surface area (TPSA) is 131 Å². The Labute approximate surface area is 382 Å². The summed E-state index contributed by atoms with van der Waals surface area (Å²) in [6.45, 7) is 3.19. The fourth-order valence-electron chi connectivity index (χ4n) is 5.60. The lowest BCUT2D eigenvalue weighted by molar-refractivity contribution is -0.147. The van der Waals surface area contributed by atoms with Crippen molar-refractivity contribution in [2.24, 2.45) is 0 Å². The number of esters is 1. The molecule has 0 heterocycles. The van der Waals surface area contributed by atoms with Crippen LogP contribution in [-0.4, -0.2) is 54.3 Å². The molecule has 0 aromatic heterocycles. The summed E-state index contributed by atoms with van der Waals surface area (Å²) < 4.78 is 26.9. The number of carbonyl (C=O) groups is 2. The van der Waals surface area contributed by atoms with E-state index in [1.54, 1.807) is 0 Å². The molecular weight excluding hydrogens is 810 g/mol. The highest BCUT2D eigenvalue weighted by molar-refractivity contribution is 7.47. The largest absolute Gasteiger partial charge is 0.472 e. The van der Waals surface area contributed by atoms with E-state index in [0.717, 1.165) is 96.3 Å². The van der Waals surface area contributed by atoms with E-state index in [2.05, 4.69) is 141 Å². The van der Waals surface area contributed by atoms with Crippen LogP contribution in [0.3, 0.4) is 0 Å². The number of hydrogen-bond donors (Lipinski definition) is 3. The van der Waals surface area contributed by atoms with Gasteiger partial charge in [-0.1, -0.05) is 180 Å². The van der Waals surface area contributed by atoms with Gasteiger partial charge in [0.05, 0.1) is 13.2 Å². The first-order valence-electron chi connectivity index (χ1n) is 23.7. The quantitative estimate of drug-likeness (QED) is 0.0239. The van der Waals surface area contributed by atoms with Crippen LogP contribution in [-0.2, 0) is 27.9 Å². The summed E-state index contributed by atoms with van der Waals surface area (Å²) in [6.07, 6.45) is 66.8. The summed E-state index contributed by atoms with van der Waals surface area (Å²) in [5, 5.41) is 12.7. The fraction of sp³-hybridized carbons (Fsp3) is 0.547. The van der Waals surface area contributed by atoms with Crippen molar-refractivity contribution in [3.05, 3.63) is 134 Å². The zero-order chi connectivity index (χ0) is 46.0. The van der Waals surface area contributed by atoms with Gasteiger partial charge in [-0.15, -0.1) is 0 Å². The van der Waals surface area contributed by atoms with E-state index in [1.807, 2.05) is 12.2 Å². The molecule has 0 bridgehead atoms. The minimum Gasteiger partial charge on any atom is -0.463 e. The number of aliphatic hydroxyl groups is 1. The average Bonchev–Trinajstić information content (AvgIpc) is 3.27. The van der Waals surface area contributed by atoms with Gasteiger partial charge in [-0.3, -0.25) is 18.6 Å². The molecule has 0 saturated carbocycles. The molecule has 0 aliphatic carbocycles. The summed E-state index contributed by atoms with van der Waals surface area (Å²) >= 11 is 0. The van der Waals surface area contributed by atoms with Crippen LogP contribution >= 0.6 is 7.82 Å². The predicted octanol–water partition coefficient (Wildman–Crippen LogP) is 13.9. The molecule has 0 rings (SSSR count). The molecule has 2 unspecified atom stereocenters. The Balaban J connectivity index is 3.73. The van der Waals surface area contributed by atoms with E-state index in [-0.39, 0.29) is 38.5 Å². The maximum absolute atomic E-state index is 12.1. The number of hydrogen-bond acceptors (Lipinski definition) is 7. The van der Waals surface area contributed by atoms with Crippen molar-refractivity contribution < 1.29 is 37.9 Å². The number of unbranched alkanes of at least 4 members (excludes halogenated alkanes) is 7. The standard InChI is InChI=1S/C53H84NO8P/c1-3-5-7-9-11-13-15-17-19-21-23-24-25-26-28-30-32-34-36-38-40-42-44-46-53(57)60-49-51(55)50-62-63(58,59)61-48-47-54-52(56)45-43-41-39-37-35-33-31-29-27-22-20-18-16-14-12-10-8-6-4-2/h5-8,11-14,17-20,23-24,26-29,33,35,39,41,51,55H,3-4,9-10,15-16,21-22,25,30-32,34,36-38,40,42-50H2,1-2H3,(H,54,56)(H,58,59)/b7-5-,8-6-,13-11-,14-12-,19-17-,20-18-,24-23-,28-26-,29-27-,35-33-,41-39-. The van der Waals surface area contributed by atoms with Crippen LogP contribution in [0.15, 0.2) is 134 Å². The summed E-state index contributed by atoms with van der Waals surface area (Å²) in [5.74, 6) is -0.626. The van der Waals surface area contributed by atoms with Crippen LogP contribution in [0.4, 0.5) is 0 Å². The minimum absolute atomic E-state index is 0.0302. The molecule has 0 aromatic rings. The number of nitrogens with one attached hydrogen (secondary N) is 1. The van der Waals surface area contributed by atoms with Crippen molar-refractivity contribution in [2.45, 2.75) is 161 Å². The number of rotatable bonds is 42. The lowest BCUT2D eigenvalue weighted by atomic mass is 10.1. The normalized spacial score (nSPS) is 14.4. The van der Waals surface area contributed by atoms with E-state index in [4.69, 9.17) is 13.8 Å². The third-order valence-corrected chi connectivity index (χ3v) is 10.1. The Morgan fingerprint density at radius 2 is 0.873 bits per heavy atom. The van der Waals surface area contributed by atoms with Crippen LogP contribution in [0.1, 0.15) is 155 Å². The van der Waals surface area contributed by atoms with Gasteiger partial charge in [0.2, 0.25) is 5.91 Å². The first-order chi connectivity index (χ1) is 30.8. The number of phosphoric acid groups is 1. The fourth-order valence-corrected chi connectivity index (χ4v) is 6.36. The molecule has 10 heteroatoms. The molecule has 0 saturated heterocycles. The van der Waals surface area contributed by atoms with Gasteiger partial charge in [0.25, 0.3) is 0 Å². The molecule has 0 aromatic carbocycles. The number of aliphatic hydroxyl groups excluding tert-OH is 1. The van der Waals surface area contributed by atoms with E-state index in [9.17, 15) is 24.2 Å². The molecule has 0 spiro atoms. The minimum atomic E-state index is -4.45. The smallest absolute Gasteiger partial charge is 0.463 e. The Hall–Kier alpha value is -3.85. The summed E-state index contributed by atoms with van der Waals surface area (Å²) in [4.78, 5) is 34.0. The van der Waals surface area contributed by atoms with E-state index >= 15 is 0 Å². The van der Waals surface area contributed by atoms with Crippen LogP contribution in [0.25, 0.3) is 0 Å². The van der Waals surface area contributed by atoms with Gasteiger partial charge in [0.15, 0.2) is 0 Å². The molecule has 354 valence electrons. The molecule has 0 aliphatic rings. The summed E-state index contributed by atoms with van der Waals surface area (Å²) in [5.41, 5.74) is 0.